The average Bonchev–Trinajstić information content (AvgIpc) is 3.60. The molecular formula is C45H64N7O13S+. The number of rotatable bonds is 18. The van der Waals surface area contributed by atoms with Crippen molar-refractivity contribution in [3.05, 3.63) is 53.7 Å². The van der Waals surface area contributed by atoms with Crippen LogP contribution in [0.2, 0.25) is 0 Å². The molecule has 2 unspecified atom stereocenters. The summed E-state index contributed by atoms with van der Waals surface area (Å²) in [4.78, 5) is 85.3. The number of aliphatic carboxylic acids is 1. The van der Waals surface area contributed by atoms with E-state index in [0.717, 1.165) is 22.5 Å². The van der Waals surface area contributed by atoms with E-state index in [4.69, 9.17) is 28.5 Å². The van der Waals surface area contributed by atoms with E-state index >= 15 is 0 Å². The smallest absolute Gasteiger partial charge is 0.413 e. The lowest BCUT2D eigenvalue weighted by atomic mass is 10.1. The van der Waals surface area contributed by atoms with E-state index in [9.17, 15) is 33.9 Å². The monoisotopic (exact) mass is 942 g/mol. The molecule has 0 saturated heterocycles. The molecule has 21 heteroatoms. The number of thiazole rings is 1. The molecule has 3 aromatic rings. The molecule has 2 aromatic heterocycles. The Morgan fingerprint density at radius 1 is 0.742 bits per heavy atom. The van der Waals surface area contributed by atoms with Crippen molar-refractivity contribution >= 4 is 64.1 Å². The summed E-state index contributed by atoms with van der Waals surface area (Å²) in [6, 6.07) is 9.44. The largest absolute Gasteiger partial charge is 0.489 e. The van der Waals surface area contributed by atoms with Crippen molar-refractivity contribution in [1.82, 2.24) is 15.6 Å². The normalized spacial score (nSPS) is 13.0. The number of aromatic nitrogens is 2. The van der Waals surface area contributed by atoms with Gasteiger partial charge in [-0.1, -0.05) is 17.3 Å². The number of benzene rings is 1. The van der Waals surface area contributed by atoms with E-state index in [0.29, 0.717) is 31.0 Å². The topological polar surface area (TPSA) is 255 Å². The van der Waals surface area contributed by atoms with Gasteiger partial charge in [-0.3, -0.25) is 5.32 Å². The van der Waals surface area contributed by atoms with E-state index in [1.807, 2.05) is 0 Å². The fourth-order valence-corrected chi connectivity index (χ4v) is 6.07. The summed E-state index contributed by atoms with van der Waals surface area (Å²) >= 11 is 0.932. The number of carboxylic acid groups (broad SMARTS) is 1. The zero-order valence-electron chi connectivity index (χ0n) is 39.9. The number of hydrogen-bond donors (Lipinski definition) is 5. The standard InChI is InChI=1S/C45H63N7O13S/c1-42(2,3)61-37(56)32(65-51-34(36(54)55)31-26-66-38(47-31)50-41(59)64-45(10,11)12)25-60-29-20-17-27(18-21-29)28-19-22-33(52(13)24-28)49-35(53)30(48-40(58)63-44(7,8)9)16-14-15-23-46-39(57)62-43(4,5)6/h17-22,24,26,30,32H,14-16,23,25H2,1-13H3,(H4,46,47,48,50,54,55,57,58,59)/p+1/b51-34-. The maximum atomic E-state index is 13.6. The molecule has 0 aliphatic rings. The quantitative estimate of drug-likeness (QED) is 0.0213. The number of nitrogens with zero attached hydrogens (tertiary/aromatic N) is 3. The van der Waals surface area contributed by atoms with Crippen LogP contribution in [0.4, 0.5) is 25.3 Å². The predicted molar refractivity (Wildman–Crippen MR) is 245 cm³/mol. The Morgan fingerprint density at radius 3 is 1.89 bits per heavy atom. The van der Waals surface area contributed by atoms with Crippen LogP contribution < -0.4 is 30.6 Å². The van der Waals surface area contributed by atoms with Crippen LogP contribution in [0.25, 0.3) is 11.1 Å². The second-order valence-corrected chi connectivity index (χ2v) is 19.8. The van der Waals surface area contributed by atoms with Crippen molar-refractivity contribution in [2.75, 3.05) is 23.8 Å². The number of oxime groups is 1. The molecule has 0 spiro atoms. The van der Waals surface area contributed by atoms with Gasteiger partial charge in [-0.15, -0.1) is 11.3 Å². The highest BCUT2D eigenvalue weighted by atomic mass is 32.1. The van der Waals surface area contributed by atoms with Gasteiger partial charge in [-0.2, -0.15) is 0 Å². The summed E-state index contributed by atoms with van der Waals surface area (Å²) in [6.45, 7) is 20.4. The summed E-state index contributed by atoms with van der Waals surface area (Å²) in [5, 5.41) is 25.7. The number of esters is 1. The Hall–Kier alpha value is -6.51. The minimum absolute atomic E-state index is 0.0499. The lowest BCUT2D eigenvalue weighted by molar-refractivity contribution is -0.656. The van der Waals surface area contributed by atoms with Gasteiger partial charge in [0.2, 0.25) is 5.71 Å². The molecule has 0 fully saturated rings. The first-order valence-corrected chi connectivity index (χ1v) is 22.0. The Morgan fingerprint density at radius 2 is 1.32 bits per heavy atom. The molecule has 1 aromatic carbocycles. The van der Waals surface area contributed by atoms with Crippen LogP contribution in [0.5, 0.6) is 5.75 Å². The second kappa shape index (κ2) is 23.1. The van der Waals surface area contributed by atoms with Crippen LogP contribution in [-0.4, -0.2) is 99.6 Å². The lowest BCUT2D eigenvalue weighted by Crippen LogP contribution is -2.47. The minimum Gasteiger partial charge on any atom is -0.489 e. The van der Waals surface area contributed by atoms with E-state index in [1.165, 1.54) is 5.38 Å². The molecule has 66 heavy (non-hydrogen) atoms. The summed E-state index contributed by atoms with van der Waals surface area (Å²) < 4.78 is 29.0. The minimum atomic E-state index is -1.51. The van der Waals surface area contributed by atoms with E-state index in [-0.39, 0.29) is 17.2 Å². The van der Waals surface area contributed by atoms with Crippen molar-refractivity contribution in [2.24, 2.45) is 12.2 Å². The van der Waals surface area contributed by atoms with Gasteiger partial charge in [0.25, 0.3) is 11.9 Å². The summed E-state index contributed by atoms with van der Waals surface area (Å²) in [6.07, 6.45) is -0.481. The fourth-order valence-electron chi connectivity index (χ4n) is 5.39. The molecule has 2 atom stereocenters. The van der Waals surface area contributed by atoms with Gasteiger partial charge < -0.3 is 44.3 Å². The number of anilines is 2. The van der Waals surface area contributed by atoms with Crippen molar-refractivity contribution in [1.29, 1.82) is 0 Å². The highest BCUT2D eigenvalue weighted by molar-refractivity contribution is 7.14. The lowest BCUT2D eigenvalue weighted by Gasteiger charge is -2.23. The van der Waals surface area contributed by atoms with Gasteiger partial charge in [-0.25, -0.2) is 43.6 Å². The number of nitrogens with one attached hydrogen (secondary N) is 4. The van der Waals surface area contributed by atoms with Crippen molar-refractivity contribution in [3.8, 4) is 16.9 Å². The van der Waals surface area contributed by atoms with Crippen LogP contribution in [0, 0.1) is 0 Å². The number of pyridine rings is 1. The van der Waals surface area contributed by atoms with Gasteiger partial charge in [0, 0.05) is 23.6 Å². The van der Waals surface area contributed by atoms with Crippen molar-refractivity contribution in [2.45, 2.75) is 137 Å². The van der Waals surface area contributed by atoms with Crippen LogP contribution >= 0.6 is 11.3 Å². The third-order valence-electron chi connectivity index (χ3n) is 8.07. The molecule has 0 aliphatic heterocycles. The van der Waals surface area contributed by atoms with Crippen LogP contribution in [-0.2, 0) is 45.2 Å². The Bertz CT molecular complexity index is 2200. The SMILES string of the molecule is C[n+]1cc(-c2ccc(OCC(O/N=C(\C(=O)O)c3csc(NC(=O)OC(C)(C)C)n3)C(=O)OC(C)(C)C)cc2)ccc1NC(=O)C(CCCCNC(=O)OC(C)(C)C)NC(=O)OC(C)(C)C. The number of carbonyl (C=O) groups is 6. The first-order chi connectivity index (χ1) is 30.5. The molecule has 4 amide bonds. The number of amides is 4. The molecule has 362 valence electrons. The second-order valence-electron chi connectivity index (χ2n) is 18.9. The molecule has 5 N–H and O–H groups in total. The number of hydrogen-bond acceptors (Lipinski definition) is 15. The summed E-state index contributed by atoms with van der Waals surface area (Å²) in [7, 11) is 1.75. The van der Waals surface area contributed by atoms with Crippen LogP contribution in [0.1, 0.15) is 108 Å². The number of carboxylic acids is 1. The highest BCUT2D eigenvalue weighted by Gasteiger charge is 2.31. The number of carbonyl (C=O) groups excluding carboxylic acids is 5. The number of ether oxygens (including phenoxy) is 5. The Kier molecular flexibility index (Phi) is 18.8. The van der Waals surface area contributed by atoms with E-state index in [2.05, 4.69) is 31.4 Å². The zero-order chi connectivity index (χ0) is 49.6. The molecule has 3 rings (SSSR count). The Balaban J connectivity index is 1.71. The highest BCUT2D eigenvalue weighted by Crippen LogP contribution is 2.24. The van der Waals surface area contributed by atoms with Crippen LogP contribution in [0.15, 0.2) is 53.1 Å². The molecule has 0 aliphatic carbocycles. The van der Waals surface area contributed by atoms with Gasteiger partial charge >= 0.3 is 36.1 Å². The third kappa shape index (κ3) is 20.1. The summed E-state index contributed by atoms with van der Waals surface area (Å²) in [5.74, 6) is -2.05. The maximum absolute atomic E-state index is 13.6. The number of unbranched alkanes of at least 4 members (excludes halogenated alkanes) is 1. The van der Waals surface area contributed by atoms with Crippen molar-refractivity contribution < 1.29 is 67.0 Å². The van der Waals surface area contributed by atoms with E-state index in [1.54, 1.807) is 137 Å². The van der Waals surface area contributed by atoms with Crippen LogP contribution in [0.3, 0.4) is 0 Å². The van der Waals surface area contributed by atoms with Gasteiger partial charge in [-0.05, 0) is 126 Å². The van der Waals surface area contributed by atoms with Gasteiger partial charge in [0.15, 0.2) is 5.13 Å². The number of alkyl carbamates (subject to hydrolysis) is 2. The first kappa shape index (κ1) is 53.8. The first-order valence-electron chi connectivity index (χ1n) is 21.1. The van der Waals surface area contributed by atoms with E-state index < -0.39 is 83.0 Å². The van der Waals surface area contributed by atoms with Crippen molar-refractivity contribution in [3.63, 3.8) is 0 Å². The molecule has 2 heterocycles. The molecule has 0 saturated carbocycles. The maximum Gasteiger partial charge on any atom is 0.413 e. The average molecular weight is 943 g/mol. The van der Waals surface area contributed by atoms with Gasteiger partial charge in [0.05, 0.1) is 13.2 Å². The van der Waals surface area contributed by atoms with Gasteiger partial charge in [0.1, 0.15) is 46.5 Å². The zero-order valence-corrected chi connectivity index (χ0v) is 40.7. The fraction of sp³-hybridized carbons (Fsp3) is 0.533. The Labute approximate surface area is 389 Å². The molecular weight excluding hydrogens is 879 g/mol. The third-order valence-corrected chi connectivity index (χ3v) is 8.82. The molecule has 0 radical (unpaired) electrons. The molecule has 20 nitrogen and oxygen atoms in total. The molecule has 0 bridgehead atoms. The predicted octanol–water partition coefficient (Wildman–Crippen LogP) is 7.10. The summed E-state index contributed by atoms with van der Waals surface area (Å²) in [5.41, 5.74) is -2.34. The number of aryl methyl sites for hydroxylation is 1.